The van der Waals surface area contributed by atoms with Crippen LogP contribution in [0.25, 0.3) is 0 Å². The van der Waals surface area contributed by atoms with Crippen molar-refractivity contribution in [2.75, 3.05) is 16.4 Å². The Labute approximate surface area is 177 Å². The maximum Gasteiger partial charge on any atom is 0.164 e. The van der Waals surface area contributed by atoms with Crippen molar-refractivity contribution in [3.63, 3.8) is 0 Å². The van der Waals surface area contributed by atoms with E-state index < -0.39 is 9.84 Å². The lowest BCUT2D eigenvalue weighted by atomic mass is 10.1. The highest BCUT2D eigenvalue weighted by atomic mass is 35.5. The van der Waals surface area contributed by atoms with Gasteiger partial charge in [-0.15, -0.1) is 0 Å². The minimum atomic E-state index is -3.08. The Kier molecular flexibility index (Phi) is 5.38. The van der Waals surface area contributed by atoms with Crippen LogP contribution in [0.15, 0.2) is 47.5 Å². The largest absolute Gasteiger partial charge is 0.315 e. The summed E-state index contributed by atoms with van der Waals surface area (Å²) in [6.07, 6.45) is 0. The Morgan fingerprint density at radius 1 is 1.07 bits per heavy atom. The van der Waals surface area contributed by atoms with E-state index in [1.807, 2.05) is 35.2 Å². The number of nitrogens with zero attached hydrogens (tertiary/aromatic N) is 2. The molecule has 2 heterocycles. The summed E-state index contributed by atoms with van der Waals surface area (Å²) < 4.78 is 24.2. The number of amidine groups is 1. The number of rotatable bonds is 3. The molecule has 0 N–H and O–H groups in total. The molecule has 0 radical (unpaired) electrons. The number of aliphatic imine (C=N–C) groups is 1. The predicted molar refractivity (Wildman–Crippen MR) is 115 cm³/mol. The molecule has 2 aromatic carbocycles. The minimum Gasteiger partial charge on any atom is -0.315 e. The summed E-state index contributed by atoms with van der Waals surface area (Å²) in [5.41, 5.74) is 1.88. The van der Waals surface area contributed by atoms with Gasteiger partial charge in [0.25, 0.3) is 0 Å². The third-order valence-corrected chi connectivity index (χ3v) is 8.26. The Morgan fingerprint density at radius 2 is 1.89 bits per heavy atom. The van der Waals surface area contributed by atoms with E-state index in [4.69, 9.17) is 39.8 Å². The molecule has 2 aliphatic heterocycles. The van der Waals surface area contributed by atoms with Crippen LogP contribution in [0.3, 0.4) is 0 Å². The van der Waals surface area contributed by atoms with Gasteiger partial charge in [-0.05, 0) is 35.9 Å². The van der Waals surface area contributed by atoms with Crippen LogP contribution < -0.4 is 4.90 Å². The second-order valence-electron chi connectivity index (χ2n) is 6.51. The number of anilines is 1. The van der Waals surface area contributed by atoms with Gasteiger partial charge in [-0.25, -0.2) is 8.42 Å². The third kappa shape index (κ3) is 4.10. The molecule has 27 heavy (non-hydrogen) atoms. The maximum absolute atomic E-state index is 12.1. The molecule has 2 aromatic rings. The molecule has 2 aliphatic rings. The fourth-order valence-electron chi connectivity index (χ4n) is 3.34. The van der Waals surface area contributed by atoms with E-state index in [0.717, 1.165) is 16.4 Å². The lowest BCUT2D eigenvalue weighted by Gasteiger charge is -2.26. The van der Waals surface area contributed by atoms with Crippen molar-refractivity contribution < 1.29 is 8.42 Å². The summed E-state index contributed by atoms with van der Waals surface area (Å²) in [5.74, 6) is 0.842. The van der Waals surface area contributed by atoms with Gasteiger partial charge in [0.15, 0.2) is 15.0 Å². The van der Waals surface area contributed by atoms with E-state index in [1.165, 1.54) is 0 Å². The number of halogens is 3. The molecule has 1 saturated heterocycles. The molecule has 0 unspecified atom stereocenters. The highest BCUT2D eigenvalue weighted by molar-refractivity contribution is 8.13. The lowest BCUT2D eigenvalue weighted by molar-refractivity contribution is 0.601. The molecule has 142 valence electrons. The van der Waals surface area contributed by atoms with E-state index in [2.05, 4.69) is 0 Å². The van der Waals surface area contributed by atoms with Crippen molar-refractivity contribution in [1.29, 1.82) is 0 Å². The van der Waals surface area contributed by atoms with Gasteiger partial charge in [0.1, 0.15) is 0 Å². The van der Waals surface area contributed by atoms with E-state index >= 15 is 0 Å². The first-order valence-corrected chi connectivity index (χ1v) is 12.2. The zero-order valence-electron chi connectivity index (χ0n) is 14.0. The molecule has 4 rings (SSSR count). The molecular formula is C18H15Cl3N2O2S2. The third-order valence-electron chi connectivity index (χ3n) is 4.55. The Bertz CT molecular complexity index is 1030. The summed E-state index contributed by atoms with van der Waals surface area (Å²) in [4.78, 5) is 6.72. The minimum absolute atomic E-state index is 0.0889. The van der Waals surface area contributed by atoms with Crippen molar-refractivity contribution in [1.82, 2.24) is 0 Å². The van der Waals surface area contributed by atoms with Crippen molar-refractivity contribution in [3.8, 4) is 0 Å². The van der Waals surface area contributed by atoms with Crippen LogP contribution in [-0.2, 0) is 15.6 Å². The molecule has 0 spiro atoms. The van der Waals surface area contributed by atoms with Crippen molar-refractivity contribution in [2.45, 2.75) is 17.8 Å². The highest BCUT2D eigenvalue weighted by Gasteiger charge is 2.47. The molecule has 2 atom stereocenters. The average molecular weight is 462 g/mol. The van der Waals surface area contributed by atoms with Gasteiger partial charge in [-0.3, -0.25) is 4.99 Å². The first kappa shape index (κ1) is 19.4. The molecule has 0 aromatic heterocycles. The topological polar surface area (TPSA) is 49.7 Å². The summed E-state index contributed by atoms with van der Waals surface area (Å²) in [6, 6.07) is 12.5. The van der Waals surface area contributed by atoms with Gasteiger partial charge < -0.3 is 4.90 Å². The van der Waals surface area contributed by atoms with E-state index in [9.17, 15) is 8.42 Å². The molecule has 0 saturated carbocycles. The number of hydrogen-bond donors (Lipinski definition) is 0. The zero-order valence-corrected chi connectivity index (χ0v) is 17.9. The quantitative estimate of drug-likeness (QED) is 0.651. The maximum atomic E-state index is 12.1. The molecule has 9 heteroatoms. The smallest absolute Gasteiger partial charge is 0.164 e. The van der Waals surface area contributed by atoms with Crippen LogP contribution in [0, 0.1) is 0 Å². The SMILES string of the molecule is O=S1(=O)C[C@H]2N=C(SCc3ccc(Cl)c(Cl)c3)N(c3cccc(Cl)c3)[C@H]2C1. The van der Waals surface area contributed by atoms with Gasteiger partial charge >= 0.3 is 0 Å². The summed E-state index contributed by atoms with van der Waals surface area (Å²) in [7, 11) is -3.08. The van der Waals surface area contributed by atoms with Crippen molar-refractivity contribution in [3.05, 3.63) is 63.1 Å². The molecular weight excluding hydrogens is 447 g/mol. The van der Waals surface area contributed by atoms with Crippen molar-refractivity contribution in [2.24, 2.45) is 4.99 Å². The zero-order chi connectivity index (χ0) is 19.2. The van der Waals surface area contributed by atoms with E-state index in [-0.39, 0.29) is 23.6 Å². The van der Waals surface area contributed by atoms with Crippen LogP contribution in [0.4, 0.5) is 5.69 Å². The molecule has 0 aliphatic carbocycles. The van der Waals surface area contributed by atoms with E-state index in [1.54, 1.807) is 23.9 Å². The molecule has 1 fully saturated rings. The van der Waals surface area contributed by atoms with Gasteiger partial charge in [-0.1, -0.05) is 58.7 Å². The monoisotopic (exact) mass is 460 g/mol. The lowest BCUT2D eigenvalue weighted by Crippen LogP contribution is -2.39. The normalized spacial score (nSPS) is 23.4. The Hall–Kier alpha value is -0.920. The number of benzene rings is 2. The summed E-state index contributed by atoms with van der Waals surface area (Å²) in [6.45, 7) is 0. The van der Waals surface area contributed by atoms with Gasteiger partial charge in [-0.2, -0.15) is 0 Å². The second kappa shape index (κ2) is 7.48. The van der Waals surface area contributed by atoms with Crippen LogP contribution >= 0.6 is 46.6 Å². The van der Waals surface area contributed by atoms with Crippen LogP contribution in [0.2, 0.25) is 15.1 Å². The Balaban J connectivity index is 1.62. The summed E-state index contributed by atoms with van der Waals surface area (Å²) >= 11 is 19.8. The van der Waals surface area contributed by atoms with Crippen molar-refractivity contribution >= 4 is 67.3 Å². The summed E-state index contributed by atoms with van der Waals surface area (Å²) in [5, 5.41) is 2.43. The average Bonchev–Trinajstić information content (AvgIpc) is 3.07. The van der Waals surface area contributed by atoms with Gasteiger partial charge in [0, 0.05) is 16.5 Å². The molecule has 0 amide bonds. The fourth-order valence-corrected chi connectivity index (χ4v) is 6.75. The number of hydrogen-bond acceptors (Lipinski definition) is 5. The first-order valence-electron chi connectivity index (χ1n) is 8.22. The molecule has 4 nitrogen and oxygen atoms in total. The highest BCUT2D eigenvalue weighted by Crippen LogP contribution is 2.37. The van der Waals surface area contributed by atoms with Crippen LogP contribution in [0.1, 0.15) is 5.56 Å². The van der Waals surface area contributed by atoms with Gasteiger partial charge in [0.2, 0.25) is 0 Å². The van der Waals surface area contributed by atoms with Gasteiger partial charge in [0.05, 0.1) is 33.6 Å². The Morgan fingerprint density at radius 3 is 2.63 bits per heavy atom. The first-order chi connectivity index (χ1) is 12.8. The molecule has 0 bridgehead atoms. The number of sulfone groups is 1. The standard InChI is InChI=1S/C18H15Cl3N2O2S2/c19-12-2-1-3-13(7-12)23-17-10-27(24,25)9-16(17)22-18(23)26-8-11-4-5-14(20)15(21)6-11/h1-7,16-17H,8-10H2/t16-,17+/m1/s1. The fraction of sp³-hybridized carbons (Fsp3) is 0.278. The number of fused-ring (bicyclic) bond motifs is 1. The number of thioether (sulfide) groups is 1. The second-order valence-corrected chi connectivity index (χ2v) is 10.9. The van der Waals surface area contributed by atoms with Crippen LogP contribution in [0.5, 0.6) is 0 Å². The van der Waals surface area contributed by atoms with E-state index in [0.29, 0.717) is 20.8 Å². The van der Waals surface area contributed by atoms with Crippen LogP contribution in [-0.4, -0.2) is 37.2 Å². The predicted octanol–water partition coefficient (Wildman–Crippen LogP) is 4.92.